The molecule has 5 nitrogen and oxygen atoms in total. The second-order valence-electron chi connectivity index (χ2n) is 7.83. The first-order valence-corrected chi connectivity index (χ1v) is 9.95. The van der Waals surface area contributed by atoms with Crippen LogP contribution in [0, 0.1) is 11.7 Å². The summed E-state index contributed by atoms with van der Waals surface area (Å²) in [6.45, 7) is 2.96. The highest BCUT2D eigenvalue weighted by Gasteiger charge is 2.32. The lowest BCUT2D eigenvalue weighted by Gasteiger charge is -2.18. The summed E-state index contributed by atoms with van der Waals surface area (Å²) in [5.74, 6) is 0.576. The lowest BCUT2D eigenvalue weighted by atomic mass is 10.0. The van der Waals surface area contributed by atoms with Crippen LogP contribution in [0.1, 0.15) is 37.1 Å². The molecule has 2 aromatic heterocycles. The maximum absolute atomic E-state index is 13.3. The van der Waals surface area contributed by atoms with E-state index in [4.69, 9.17) is 4.42 Å². The van der Waals surface area contributed by atoms with Crippen molar-refractivity contribution in [3.63, 3.8) is 0 Å². The highest BCUT2D eigenvalue weighted by atomic mass is 19.4. The Bertz CT molecular complexity index is 1080. The van der Waals surface area contributed by atoms with E-state index in [1.54, 1.807) is 19.1 Å². The van der Waals surface area contributed by atoms with Gasteiger partial charge in [0.25, 0.3) is 0 Å². The van der Waals surface area contributed by atoms with E-state index in [1.165, 1.54) is 18.2 Å². The molecule has 164 valence electrons. The summed E-state index contributed by atoms with van der Waals surface area (Å²) in [6, 6.07) is 7.94. The smallest absolute Gasteiger partial charge is 0.417 e. The average Bonchev–Trinajstić information content (AvgIpc) is 3.34. The van der Waals surface area contributed by atoms with E-state index in [0.717, 1.165) is 18.7 Å². The van der Waals surface area contributed by atoms with Crippen molar-refractivity contribution in [3.8, 4) is 0 Å². The molecular formula is C22H21F4N3O2. The molecule has 0 bridgehead atoms. The van der Waals surface area contributed by atoms with Crippen molar-refractivity contribution < 1.29 is 26.8 Å². The number of alkyl halides is 3. The van der Waals surface area contributed by atoms with Gasteiger partial charge in [0.1, 0.15) is 23.0 Å². The number of amides is 1. The Hall–Kier alpha value is -3.10. The Kier molecular flexibility index (Phi) is 5.60. The maximum atomic E-state index is 13.3. The first-order chi connectivity index (χ1) is 14.7. The number of hydrogen-bond acceptors (Lipinski definition) is 4. The van der Waals surface area contributed by atoms with E-state index in [9.17, 15) is 22.4 Å². The zero-order chi connectivity index (χ0) is 22.2. The number of hydrogen-bond donors (Lipinski definition) is 1. The first kappa shape index (κ1) is 21.1. The van der Waals surface area contributed by atoms with Gasteiger partial charge in [0, 0.05) is 31.1 Å². The van der Waals surface area contributed by atoms with E-state index in [1.807, 2.05) is 4.90 Å². The zero-order valence-electron chi connectivity index (χ0n) is 16.7. The van der Waals surface area contributed by atoms with E-state index in [-0.39, 0.29) is 30.1 Å². The third kappa shape index (κ3) is 4.81. The molecule has 1 fully saturated rings. The minimum Gasteiger partial charge on any atom is -0.459 e. The predicted octanol–water partition coefficient (Wildman–Crippen LogP) is 5.08. The molecule has 0 saturated carbocycles. The summed E-state index contributed by atoms with van der Waals surface area (Å²) in [7, 11) is 0. The lowest BCUT2D eigenvalue weighted by Crippen LogP contribution is -2.29. The SMILES string of the molecule is C[C@@H](NC(=O)C[C@H]1CCN(c2ccc(C(F)(F)F)cn2)C1)c1cc2cc(F)ccc2o1. The molecule has 3 heterocycles. The molecule has 3 aromatic rings. The van der Waals surface area contributed by atoms with Crippen molar-refractivity contribution in [1.29, 1.82) is 0 Å². The number of nitrogens with zero attached hydrogens (tertiary/aromatic N) is 2. The average molecular weight is 435 g/mol. The Morgan fingerprint density at radius 3 is 2.81 bits per heavy atom. The van der Waals surface area contributed by atoms with Crippen molar-refractivity contribution in [2.24, 2.45) is 5.92 Å². The van der Waals surface area contributed by atoms with Crippen molar-refractivity contribution in [2.45, 2.75) is 32.0 Å². The van der Waals surface area contributed by atoms with Crippen LogP contribution in [0.15, 0.2) is 47.0 Å². The van der Waals surface area contributed by atoms with Gasteiger partial charge in [-0.1, -0.05) is 0 Å². The van der Waals surface area contributed by atoms with Crippen molar-refractivity contribution in [1.82, 2.24) is 10.3 Å². The van der Waals surface area contributed by atoms with Crippen LogP contribution in [0.2, 0.25) is 0 Å². The molecule has 1 N–H and O–H groups in total. The molecule has 0 aliphatic carbocycles. The number of benzene rings is 1. The number of halogens is 4. The number of nitrogens with one attached hydrogen (secondary N) is 1. The fourth-order valence-corrected chi connectivity index (χ4v) is 3.83. The topological polar surface area (TPSA) is 58.4 Å². The monoisotopic (exact) mass is 435 g/mol. The van der Waals surface area contributed by atoms with Crippen molar-refractivity contribution in [3.05, 3.63) is 59.7 Å². The van der Waals surface area contributed by atoms with E-state index in [2.05, 4.69) is 10.3 Å². The van der Waals surface area contributed by atoms with Crippen LogP contribution in [-0.4, -0.2) is 24.0 Å². The predicted molar refractivity (Wildman–Crippen MR) is 107 cm³/mol. The molecule has 1 aliphatic rings. The number of rotatable bonds is 5. The van der Waals surface area contributed by atoms with Gasteiger partial charge in [-0.3, -0.25) is 4.79 Å². The molecule has 9 heteroatoms. The molecule has 2 atom stereocenters. The Labute approximate surface area is 176 Å². The summed E-state index contributed by atoms with van der Waals surface area (Å²) in [5.41, 5.74) is -0.235. The molecular weight excluding hydrogens is 414 g/mol. The summed E-state index contributed by atoms with van der Waals surface area (Å²) >= 11 is 0. The minimum absolute atomic E-state index is 0.0704. The van der Waals surface area contributed by atoms with Crippen molar-refractivity contribution >= 4 is 22.7 Å². The molecule has 1 saturated heterocycles. The normalized spacial score (nSPS) is 17.8. The molecule has 1 aliphatic heterocycles. The zero-order valence-corrected chi connectivity index (χ0v) is 16.7. The summed E-state index contributed by atoms with van der Waals surface area (Å²) in [6.07, 6.45) is -2.55. The number of carbonyl (C=O) groups is 1. The quantitative estimate of drug-likeness (QED) is 0.568. The number of pyridine rings is 1. The first-order valence-electron chi connectivity index (χ1n) is 9.95. The Morgan fingerprint density at radius 2 is 2.10 bits per heavy atom. The summed E-state index contributed by atoms with van der Waals surface area (Å²) in [5, 5.41) is 3.52. The largest absolute Gasteiger partial charge is 0.459 e. The van der Waals surface area contributed by atoms with Gasteiger partial charge in [-0.2, -0.15) is 13.2 Å². The highest BCUT2D eigenvalue weighted by Crippen LogP contribution is 2.31. The van der Waals surface area contributed by atoms with E-state index >= 15 is 0 Å². The molecule has 0 spiro atoms. The fraction of sp³-hybridized carbons (Fsp3) is 0.364. The second-order valence-corrected chi connectivity index (χ2v) is 7.83. The van der Waals surface area contributed by atoms with Crippen LogP contribution in [0.5, 0.6) is 0 Å². The van der Waals surface area contributed by atoms with Crippen LogP contribution in [0.25, 0.3) is 11.0 Å². The van der Waals surface area contributed by atoms with E-state index in [0.29, 0.717) is 35.6 Å². The Balaban J connectivity index is 1.31. The molecule has 4 rings (SSSR count). The van der Waals surface area contributed by atoms with Crippen LogP contribution >= 0.6 is 0 Å². The number of aromatic nitrogens is 1. The van der Waals surface area contributed by atoms with Gasteiger partial charge in [0.05, 0.1) is 11.6 Å². The number of furan rings is 1. The van der Waals surface area contributed by atoms with Crippen LogP contribution in [0.3, 0.4) is 0 Å². The number of fused-ring (bicyclic) bond motifs is 1. The molecule has 31 heavy (non-hydrogen) atoms. The molecule has 0 radical (unpaired) electrons. The minimum atomic E-state index is -4.41. The van der Waals surface area contributed by atoms with Gasteiger partial charge >= 0.3 is 6.18 Å². The van der Waals surface area contributed by atoms with Crippen LogP contribution < -0.4 is 10.2 Å². The van der Waals surface area contributed by atoms with Gasteiger partial charge in [-0.15, -0.1) is 0 Å². The van der Waals surface area contributed by atoms with E-state index < -0.39 is 11.7 Å². The third-order valence-corrected chi connectivity index (χ3v) is 5.46. The van der Waals surface area contributed by atoms with Gasteiger partial charge in [-0.25, -0.2) is 9.37 Å². The Morgan fingerprint density at radius 1 is 1.29 bits per heavy atom. The highest BCUT2D eigenvalue weighted by molar-refractivity contribution is 5.79. The van der Waals surface area contributed by atoms with Gasteiger partial charge < -0.3 is 14.6 Å². The maximum Gasteiger partial charge on any atom is 0.417 e. The van der Waals surface area contributed by atoms with Crippen LogP contribution in [-0.2, 0) is 11.0 Å². The van der Waals surface area contributed by atoms with Crippen LogP contribution in [0.4, 0.5) is 23.4 Å². The summed E-state index contributed by atoms with van der Waals surface area (Å²) < 4.78 is 57.1. The van der Waals surface area contributed by atoms with Crippen molar-refractivity contribution in [2.75, 3.05) is 18.0 Å². The summed E-state index contributed by atoms with van der Waals surface area (Å²) in [4.78, 5) is 18.3. The molecule has 0 unspecified atom stereocenters. The van der Waals surface area contributed by atoms with Gasteiger partial charge in [-0.05, 0) is 55.7 Å². The number of carbonyl (C=O) groups excluding carboxylic acids is 1. The standard InChI is InChI=1S/C22H21F4N3O2/c1-13(19-10-15-9-17(23)3-4-18(15)31-19)28-21(30)8-14-6-7-29(12-14)20-5-2-16(11-27-20)22(24,25)26/h2-5,9-11,13-14H,6-8,12H2,1H3,(H,28,30)/t13-,14-/m1/s1. The molecule has 1 aromatic carbocycles. The fourth-order valence-electron chi connectivity index (χ4n) is 3.83. The van der Waals surface area contributed by atoms with Gasteiger partial charge in [0.2, 0.25) is 5.91 Å². The van der Waals surface area contributed by atoms with Gasteiger partial charge in [0.15, 0.2) is 0 Å². The second kappa shape index (κ2) is 8.20. The third-order valence-electron chi connectivity index (χ3n) is 5.46. The number of anilines is 1. The lowest BCUT2D eigenvalue weighted by molar-refractivity contribution is -0.137. The molecule has 1 amide bonds.